The van der Waals surface area contributed by atoms with Gasteiger partial charge in [-0.25, -0.2) is 4.79 Å². The Hall–Kier alpha value is -3.81. The standard InChI is InChI=1S/C19H17N5O3/c1-20-18(26)17-19(27)24(21-12-14-8-4-2-5-9-14)22-23(17)13-16(25)15-10-6-3-7-11-15/h2-12H,13H2,1H3,(H-,20,22,26,27)/p+1/b21-12+. The van der Waals surface area contributed by atoms with Gasteiger partial charge in [0.2, 0.25) is 5.78 Å². The number of hydrogen-bond acceptors (Lipinski definition) is 4. The van der Waals surface area contributed by atoms with Crippen molar-refractivity contribution in [3.63, 3.8) is 0 Å². The van der Waals surface area contributed by atoms with Gasteiger partial charge in [0.15, 0.2) is 6.54 Å². The van der Waals surface area contributed by atoms with Crippen molar-refractivity contribution in [3.05, 3.63) is 87.8 Å². The van der Waals surface area contributed by atoms with Crippen LogP contribution < -0.4 is 15.6 Å². The van der Waals surface area contributed by atoms with Crippen LogP contribution >= 0.6 is 0 Å². The maximum atomic E-state index is 12.6. The number of rotatable bonds is 6. The molecule has 1 aromatic heterocycles. The number of carbonyl (C=O) groups is 2. The first kappa shape index (κ1) is 18.0. The second-order valence-corrected chi connectivity index (χ2v) is 5.68. The minimum absolute atomic E-state index is 0.199. The van der Waals surface area contributed by atoms with E-state index < -0.39 is 11.5 Å². The lowest BCUT2D eigenvalue weighted by atomic mass is 10.1. The summed E-state index contributed by atoms with van der Waals surface area (Å²) in [6.45, 7) is -0.199. The Morgan fingerprint density at radius 1 is 1.11 bits per heavy atom. The summed E-state index contributed by atoms with van der Waals surface area (Å²) in [7, 11) is 1.41. The Bertz CT molecular complexity index is 1040. The Labute approximate surface area is 154 Å². The molecule has 0 aliphatic carbocycles. The molecule has 1 amide bonds. The van der Waals surface area contributed by atoms with E-state index in [2.05, 4.69) is 15.6 Å². The normalized spacial score (nSPS) is 10.9. The first-order valence-corrected chi connectivity index (χ1v) is 8.24. The largest absolute Gasteiger partial charge is 0.432 e. The third-order valence-electron chi connectivity index (χ3n) is 3.84. The highest BCUT2D eigenvalue weighted by Crippen LogP contribution is 2.00. The molecule has 0 radical (unpaired) electrons. The van der Waals surface area contributed by atoms with E-state index >= 15 is 0 Å². The quantitative estimate of drug-likeness (QED) is 0.380. The van der Waals surface area contributed by atoms with Gasteiger partial charge in [-0.1, -0.05) is 71.0 Å². The summed E-state index contributed by atoms with van der Waals surface area (Å²) in [5.74, 6) is -0.850. The lowest BCUT2D eigenvalue weighted by Gasteiger charge is -1.99. The van der Waals surface area contributed by atoms with Crippen molar-refractivity contribution >= 4 is 17.9 Å². The molecule has 1 heterocycles. The number of benzene rings is 2. The van der Waals surface area contributed by atoms with Crippen molar-refractivity contribution in [1.29, 1.82) is 0 Å². The van der Waals surface area contributed by atoms with Crippen LogP contribution in [0.15, 0.2) is 70.6 Å². The zero-order valence-corrected chi connectivity index (χ0v) is 14.6. The Morgan fingerprint density at radius 2 is 1.74 bits per heavy atom. The van der Waals surface area contributed by atoms with E-state index in [-0.39, 0.29) is 18.0 Å². The van der Waals surface area contributed by atoms with Crippen LogP contribution in [0.25, 0.3) is 0 Å². The Morgan fingerprint density at radius 3 is 2.37 bits per heavy atom. The molecule has 136 valence electrons. The number of ketones is 1. The molecule has 0 saturated heterocycles. The highest BCUT2D eigenvalue weighted by atomic mass is 16.2. The molecule has 0 saturated carbocycles. The number of aromatic nitrogens is 3. The molecule has 3 rings (SSSR count). The van der Waals surface area contributed by atoms with E-state index in [4.69, 9.17) is 0 Å². The first-order valence-electron chi connectivity index (χ1n) is 8.24. The number of aromatic amines is 1. The van der Waals surface area contributed by atoms with Gasteiger partial charge in [-0.05, 0) is 5.56 Å². The topological polar surface area (TPSA) is 100 Å². The lowest BCUT2D eigenvalue weighted by Crippen LogP contribution is -2.48. The second kappa shape index (κ2) is 8.05. The number of amides is 1. The molecule has 0 atom stereocenters. The van der Waals surface area contributed by atoms with E-state index in [0.29, 0.717) is 5.56 Å². The fraction of sp³-hybridized carbons (Fsp3) is 0.105. The van der Waals surface area contributed by atoms with Gasteiger partial charge in [0.1, 0.15) is 0 Å². The molecule has 0 spiro atoms. The average molecular weight is 364 g/mol. The van der Waals surface area contributed by atoms with Crippen LogP contribution in [0.4, 0.5) is 0 Å². The van der Waals surface area contributed by atoms with Crippen LogP contribution in [0, 0.1) is 0 Å². The number of hydrogen-bond donors (Lipinski definition) is 2. The predicted molar refractivity (Wildman–Crippen MR) is 98.8 cm³/mol. The third-order valence-corrected chi connectivity index (χ3v) is 3.84. The SMILES string of the molecule is CNC(=O)c1c(=O)n(/N=C/c2ccccc2)[nH][n+]1CC(=O)c1ccccc1. The summed E-state index contributed by atoms with van der Waals surface area (Å²) in [6.07, 6.45) is 1.48. The van der Waals surface area contributed by atoms with E-state index in [1.165, 1.54) is 17.9 Å². The number of H-pyrrole nitrogens is 1. The zero-order chi connectivity index (χ0) is 19.2. The molecule has 0 aliphatic heterocycles. The van der Waals surface area contributed by atoms with Gasteiger partial charge in [0, 0.05) is 17.4 Å². The molecule has 3 aromatic rings. The molecule has 0 bridgehead atoms. The minimum atomic E-state index is -0.651. The molecule has 8 heteroatoms. The lowest BCUT2D eigenvalue weighted by molar-refractivity contribution is -0.744. The van der Waals surface area contributed by atoms with E-state index in [1.54, 1.807) is 30.3 Å². The fourth-order valence-electron chi connectivity index (χ4n) is 2.48. The molecule has 2 N–H and O–H groups in total. The highest BCUT2D eigenvalue weighted by molar-refractivity contribution is 5.95. The van der Waals surface area contributed by atoms with Crippen LogP contribution in [0.3, 0.4) is 0 Å². The maximum absolute atomic E-state index is 12.6. The van der Waals surface area contributed by atoms with E-state index in [9.17, 15) is 14.4 Å². The van der Waals surface area contributed by atoms with Crippen molar-refractivity contribution in [1.82, 2.24) is 15.3 Å². The fourth-order valence-corrected chi connectivity index (χ4v) is 2.48. The van der Waals surface area contributed by atoms with Crippen LogP contribution in [-0.4, -0.2) is 35.0 Å². The van der Waals surface area contributed by atoms with Gasteiger partial charge in [-0.2, -0.15) is 0 Å². The van der Waals surface area contributed by atoms with Gasteiger partial charge < -0.3 is 5.32 Å². The highest BCUT2D eigenvalue weighted by Gasteiger charge is 2.29. The van der Waals surface area contributed by atoms with Crippen LogP contribution in [-0.2, 0) is 6.54 Å². The molecular formula is C19H18N5O3+. The second-order valence-electron chi connectivity index (χ2n) is 5.68. The van der Waals surface area contributed by atoms with E-state index in [1.807, 2.05) is 30.3 Å². The number of Topliss-reactive ketones (excluding diaryl/α,β-unsaturated/α-hetero) is 1. The van der Waals surface area contributed by atoms with Crippen molar-refractivity contribution in [2.24, 2.45) is 5.10 Å². The summed E-state index contributed by atoms with van der Waals surface area (Å²) < 4.78 is 1.19. The summed E-state index contributed by atoms with van der Waals surface area (Å²) >= 11 is 0. The van der Waals surface area contributed by atoms with Gasteiger partial charge in [0.25, 0.3) is 0 Å². The Kier molecular flexibility index (Phi) is 5.36. The number of nitrogens with zero attached hydrogens (tertiary/aromatic N) is 3. The van der Waals surface area contributed by atoms with Crippen LogP contribution in [0.1, 0.15) is 26.4 Å². The monoisotopic (exact) mass is 364 g/mol. The van der Waals surface area contributed by atoms with Gasteiger partial charge in [0.05, 0.1) is 6.21 Å². The van der Waals surface area contributed by atoms with Gasteiger partial charge in [-0.15, -0.1) is 4.68 Å². The number of nitrogens with one attached hydrogen (secondary N) is 2. The van der Waals surface area contributed by atoms with Crippen LogP contribution in [0.5, 0.6) is 0 Å². The molecule has 2 aromatic carbocycles. The zero-order valence-electron chi connectivity index (χ0n) is 14.6. The molecule has 8 nitrogen and oxygen atoms in total. The van der Waals surface area contributed by atoms with Gasteiger partial charge >= 0.3 is 17.2 Å². The smallest absolute Gasteiger partial charge is 0.352 e. The molecule has 27 heavy (non-hydrogen) atoms. The maximum Gasteiger partial charge on any atom is 0.432 e. The summed E-state index contributed by atoms with van der Waals surface area (Å²) in [4.78, 5) is 38.1. The molecular weight excluding hydrogens is 346 g/mol. The average Bonchev–Trinajstić information content (AvgIpc) is 3.02. The summed E-state index contributed by atoms with van der Waals surface area (Å²) in [6, 6.07) is 17.8. The summed E-state index contributed by atoms with van der Waals surface area (Å²) in [5.41, 5.74) is 0.413. The van der Waals surface area contributed by atoms with Crippen molar-refractivity contribution in [2.75, 3.05) is 7.05 Å². The number of carbonyl (C=O) groups excluding carboxylic acids is 2. The van der Waals surface area contributed by atoms with Crippen LogP contribution in [0.2, 0.25) is 0 Å². The third kappa shape index (κ3) is 4.06. The molecule has 0 fully saturated rings. The van der Waals surface area contributed by atoms with Crippen molar-refractivity contribution in [2.45, 2.75) is 6.54 Å². The summed E-state index contributed by atoms with van der Waals surface area (Å²) in [5, 5.41) is 9.15. The van der Waals surface area contributed by atoms with Crippen molar-refractivity contribution in [3.8, 4) is 0 Å². The van der Waals surface area contributed by atoms with Crippen molar-refractivity contribution < 1.29 is 14.3 Å². The Balaban J connectivity index is 1.95. The van der Waals surface area contributed by atoms with E-state index in [0.717, 1.165) is 10.4 Å². The first-order chi connectivity index (χ1) is 13.1. The molecule has 0 aliphatic rings. The predicted octanol–water partition coefficient (Wildman–Crippen LogP) is 0.589. The minimum Gasteiger partial charge on any atom is -0.352 e. The van der Waals surface area contributed by atoms with Gasteiger partial charge in [-0.3, -0.25) is 9.59 Å². The molecule has 0 unspecified atom stereocenters.